The average Bonchev–Trinajstić information content (AvgIpc) is 3.02. The van der Waals surface area contributed by atoms with Gasteiger partial charge < -0.3 is 14.6 Å². The van der Waals surface area contributed by atoms with Gasteiger partial charge in [0.25, 0.3) is 5.91 Å². The van der Waals surface area contributed by atoms with E-state index in [0.29, 0.717) is 41.7 Å². The van der Waals surface area contributed by atoms with Gasteiger partial charge in [-0.1, -0.05) is 18.2 Å². The summed E-state index contributed by atoms with van der Waals surface area (Å²) in [4.78, 5) is 22.9. The lowest BCUT2D eigenvalue weighted by atomic mass is 10.1. The molecule has 0 atom stereocenters. The summed E-state index contributed by atoms with van der Waals surface area (Å²) in [5.41, 5.74) is 11.1. The molecular weight excluding hydrogens is 364 g/mol. The number of ether oxygens (including phenoxy) is 2. The lowest BCUT2D eigenvalue weighted by molar-refractivity contribution is -0.136. The van der Waals surface area contributed by atoms with Gasteiger partial charge in [-0.25, -0.2) is 5.43 Å². The van der Waals surface area contributed by atoms with Gasteiger partial charge >= 0.3 is 5.97 Å². The molecule has 2 heterocycles. The zero-order chi connectivity index (χ0) is 19.5. The molecule has 2 aromatic rings. The Hall–Kier alpha value is -3.72. The summed E-state index contributed by atoms with van der Waals surface area (Å²) in [7, 11) is 0. The second-order valence-corrected chi connectivity index (χ2v) is 6.23. The van der Waals surface area contributed by atoms with E-state index in [1.165, 1.54) is 5.23 Å². The number of carbonyl (C=O) groups excluding carboxylic acids is 1. The zero-order valence-corrected chi connectivity index (χ0v) is 14.8. The summed E-state index contributed by atoms with van der Waals surface area (Å²) >= 11 is 0. The predicted molar refractivity (Wildman–Crippen MR) is 99.9 cm³/mol. The molecule has 0 bridgehead atoms. The number of nitrogens with one attached hydrogen (secondary N) is 3. The molecule has 1 saturated heterocycles. The van der Waals surface area contributed by atoms with E-state index < -0.39 is 5.97 Å². The maximum atomic E-state index is 12.2. The predicted octanol–water partition coefficient (Wildman–Crippen LogP) is 1.30. The molecule has 2 aliphatic heterocycles. The quantitative estimate of drug-likeness (QED) is 0.573. The van der Waals surface area contributed by atoms with Gasteiger partial charge in [0.1, 0.15) is 18.9 Å². The van der Waals surface area contributed by atoms with E-state index in [4.69, 9.17) is 14.6 Å². The van der Waals surface area contributed by atoms with Crippen LogP contribution in [0, 0.1) is 0 Å². The van der Waals surface area contributed by atoms with Gasteiger partial charge in [0.2, 0.25) is 0 Å². The first-order valence-corrected chi connectivity index (χ1v) is 8.63. The number of aliphatic carboxylic acids is 1. The third-order valence-electron chi connectivity index (χ3n) is 4.12. The van der Waals surface area contributed by atoms with Crippen LogP contribution in [0.2, 0.25) is 0 Å². The van der Waals surface area contributed by atoms with Crippen LogP contribution in [-0.4, -0.2) is 35.4 Å². The van der Waals surface area contributed by atoms with E-state index in [2.05, 4.69) is 16.3 Å². The van der Waals surface area contributed by atoms with Crippen molar-refractivity contribution in [3.8, 4) is 11.5 Å². The van der Waals surface area contributed by atoms with Gasteiger partial charge in [0.05, 0.1) is 12.1 Å². The Morgan fingerprint density at radius 1 is 1.11 bits per heavy atom. The first kappa shape index (κ1) is 17.7. The number of carbonyl (C=O) groups is 2. The highest BCUT2D eigenvalue weighted by Crippen LogP contribution is 2.31. The number of hydrazine groups is 3. The molecule has 28 heavy (non-hydrogen) atoms. The van der Waals surface area contributed by atoms with Gasteiger partial charge in [0.15, 0.2) is 11.5 Å². The third-order valence-corrected chi connectivity index (χ3v) is 4.12. The summed E-state index contributed by atoms with van der Waals surface area (Å²) in [5.74, 6) is 0.148. The Morgan fingerprint density at radius 3 is 2.61 bits per heavy atom. The molecule has 1 fully saturated rings. The van der Waals surface area contributed by atoms with Crippen molar-refractivity contribution in [3.63, 3.8) is 0 Å². The highest BCUT2D eigenvalue weighted by molar-refractivity contribution is 5.98. The number of anilines is 1. The molecule has 0 aliphatic carbocycles. The lowest BCUT2D eigenvalue weighted by Gasteiger charge is -2.18. The Kier molecular flexibility index (Phi) is 4.73. The van der Waals surface area contributed by atoms with Crippen molar-refractivity contribution in [1.29, 1.82) is 0 Å². The number of nitrogens with zero attached hydrogens (tertiary/aromatic N) is 1. The third kappa shape index (κ3) is 3.99. The zero-order valence-electron chi connectivity index (χ0n) is 14.8. The van der Waals surface area contributed by atoms with Crippen molar-refractivity contribution in [2.75, 3.05) is 18.6 Å². The fourth-order valence-corrected chi connectivity index (χ4v) is 2.83. The molecule has 2 aromatic carbocycles. The fourth-order valence-electron chi connectivity index (χ4n) is 2.83. The van der Waals surface area contributed by atoms with Crippen molar-refractivity contribution in [1.82, 2.24) is 16.1 Å². The molecule has 4 N–H and O–H groups in total. The minimum atomic E-state index is -0.886. The number of fused-ring (bicyclic) bond motifs is 1. The van der Waals surface area contributed by atoms with Crippen LogP contribution in [0.15, 0.2) is 48.2 Å². The standard InChI is InChI=1S/C19H18N4O5/c24-18(25)11-12-1-4-14(5-2-12)20-23-21-15(19(26)22-23)9-13-3-6-16-17(10-13)28-8-7-27-16/h1-6,9-10,20-21H,7-8,11H2,(H,22,26)(H,24,25)/b15-9+. The molecule has 0 spiro atoms. The summed E-state index contributed by atoms with van der Waals surface area (Å²) < 4.78 is 11.0. The van der Waals surface area contributed by atoms with Crippen LogP contribution in [0.3, 0.4) is 0 Å². The average molecular weight is 382 g/mol. The number of benzene rings is 2. The highest BCUT2D eigenvalue weighted by atomic mass is 16.6. The minimum Gasteiger partial charge on any atom is -0.486 e. The maximum absolute atomic E-state index is 12.2. The SMILES string of the molecule is O=C(O)Cc1ccc(NN2NC(=O)/C(=C\c3ccc4c(c3)OCCO4)N2)cc1. The van der Waals surface area contributed by atoms with Crippen LogP contribution in [0.25, 0.3) is 6.08 Å². The van der Waals surface area contributed by atoms with Gasteiger partial charge in [0, 0.05) is 0 Å². The molecule has 2 aliphatic rings. The van der Waals surface area contributed by atoms with Crippen LogP contribution in [0.1, 0.15) is 11.1 Å². The second kappa shape index (κ2) is 7.49. The molecule has 1 amide bonds. The van der Waals surface area contributed by atoms with Crippen molar-refractivity contribution in [3.05, 3.63) is 59.3 Å². The Morgan fingerprint density at radius 2 is 1.86 bits per heavy atom. The van der Waals surface area contributed by atoms with E-state index in [1.54, 1.807) is 30.3 Å². The van der Waals surface area contributed by atoms with Crippen LogP contribution in [-0.2, 0) is 16.0 Å². The van der Waals surface area contributed by atoms with E-state index in [0.717, 1.165) is 5.56 Å². The molecule has 0 radical (unpaired) electrons. The van der Waals surface area contributed by atoms with E-state index in [-0.39, 0.29) is 12.3 Å². The Balaban J connectivity index is 1.42. The lowest BCUT2D eigenvalue weighted by Crippen LogP contribution is -2.43. The molecule has 9 nitrogen and oxygen atoms in total. The monoisotopic (exact) mass is 382 g/mol. The minimum absolute atomic E-state index is 0.0403. The van der Waals surface area contributed by atoms with Crippen LogP contribution in [0.4, 0.5) is 5.69 Å². The Bertz CT molecular complexity index is 942. The summed E-state index contributed by atoms with van der Waals surface area (Å²) in [6.07, 6.45) is 1.66. The smallest absolute Gasteiger partial charge is 0.307 e. The van der Waals surface area contributed by atoms with Crippen molar-refractivity contribution in [2.24, 2.45) is 0 Å². The van der Waals surface area contributed by atoms with Gasteiger partial charge in [-0.3, -0.25) is 20.4 Å². The van der Waals surface area contributed by atoms with E-state index in [9.17, 15) is 9.59 Å². The molecule has 0 aromatic heterocycles. The van der Waals surface area contributed by atoms with Crippen LogP contribution >= 0.6 is 0 Å². The molecule has 4 rings (SSSR count). The molecule has 9 heteroatoms. The molecule has 144 valence electrons. The maximum Gasteiger partial charge on any atom is 0.307 e. The van der Waals surface area contributed by atoms with Gasteiger partial charge in [-0.15, -0.1) is 0 Å². The number of hydrogen-bond acceptors (Lipinski definition) is 7. The van der Waals surface area contributed by atoms with Crippen molar-refractivity contribution < 1.29 is 24.2 Å². The number of amides is 1. The highest BCUT2D eigenvalue weighted by Gasteiger charge is 2.24. The summed E-state index contributed by atoms with van der Waals surface area (Å²) in [5, 5.41) is 10.1. The van der Waals surface area contributed by atoms with Crippen molar-refractivity contribution >= 4 is 23.6 Å². The first-order chi connectivity index (χ1) is 13.6. The van der Waals surface area contributed by atoms with E-state index >= 15 is 0 Å². The number of rotatable bonds is 5. The largest absolute Gasteiger partial charge is 0.486 e. The number of hydrogen-bond donors (Lipinski definition) is 4. The van der Waals surface area contributed by atoms with E-state index in [1.807, 2.05) is 18.2 Å². The summed E-state index contributed by atoms with van der Waals surface area (Å²) in [6.45, 7) is 1.02. The molecule has 0 unspecified atom stereocenters. The van der Waals surface area contributed by atoms with Gasteiger partial charge in [-0.2, -0.15) is 0 Å². The van der Waals surface area contributed by atoms with Gasteiger partial charge in [-0.05, 0) is 46.7 Å². The molecule has 0 saturated carbocycles. The molecular formula is C19H18N4O5. The van der Waals surface area contributed by atoms with Crippen LogP contribution in [0.5, 0.6) is 11.5 Å². The first-order valence-electron chi connectivity index (χ1n) is 8.63. The van der Waals surface area contributed by atoms with Crippen LogP contribution < -0.4 is 25.8 Å². The van der Waals surface area contributed by atoms with Crippen molar-refractivity contribution in [2.45, 2.75) is 6.42 Å². The second-order valence-electron chi connectivity index (χ2n) is 6.23. The Labute approximate surface area is 160 Å². The normalized spacial score (nSPS) is 17.1. The number of carboxylic acid groups (broad SMARTS) is 1. The fraction of sp³-hybridized carbons (Fsp3) is 0.158. The number of carboxylic acids is 1. The topological polar surface area (TPSA) is 112 Å². The summed E-state index contributed by atoms with van der Waals surface area (Å²) in [6, 6.07) is 12.3.